The SMILES string of the molecule is CC(N1CCC(c2c(C#N)c(Cl)c3cnc(N[C@@H]4CCOC[C@H]4F)nn23)CC1)C(F)(F)F. The number of rotatable bonds is 4. The van der Waals surface area contributed by atoms with Crippen molar-refractivity contribution in [3.8, 4) is 6.07 Å². The molecule has 2 aromatic rings. The maximum absolute atomic E-state index is 14.1. The lowest BCUT2D eigenvalue weighted by Crippen LogP contribution is -2.47. The third-order valence-electron chi connectivity index (χ3n) is 6.31. The van der Waals surface area contributed by atoms with Crippen molar-refractivity contribution in [2.24, 2.45) is 0 Å². The van der Waals surface area contributed by atoms with Crippen molar-refractivity contribution in [2.45, 2.75) is 56.5 Å². The van der Waals surface area contributed by atoms with Crippen molar-refractivity contribution in [3.63, 3.8) is 0 Å². The molecule has 2 aromatic heterocycles. The molecule has 4 heterocycles. The Hall–Kier alpha value is -2.16. The molecule has 174 valence electrons. The molecule has 32 heavy (non-hydrogen) atoms. The van der Waals surface area contributed by atoms with E-state index < -0.39 is 24.4 Å². The molecule has 0 bridgehead atoms. The quantitative estimate of drug-likeness (QED) is 0.677. The van der Waals surface area contributed by atoms with E-state index in [4.69, 9.17) is 16.3 Å². The molecule has 2 aliphatic rings. The summed E-state index contributed by atoms with van der Waals surface area (Å²) in [5.74, 6) is -0.00586. The van der Waals surface area contributed by atoms with Crippen LogP contribution in [0.25, 0.3) is 5.52 Å². The van der Waals surface area contributed by atoms with E-state index in [9.17, 15) is 22.8 Å². The van der Waals surface area contributed by atoms with Crippen LogP contribution < -0.4 is 5.32 Å². The molecule has 1 unspecified atom stereocenters. The largest absolute Gasteiger partial charge is 0.403 e. The molecule has 2 saturated heterocycles. The van der Waals surface area contributed by atoms with Crippen molar-refractivity contribution in [1.29, 1.82) is 5.26 Å². The van der Waals surface area contributed by atoms with Crippen LogP contribution in [0.5, 0.6) is 0 Å². The van der Waals surface area contributed by atoms with Crippen LogP contribution in [-0.4, -0.2) is 70.2 Å². The van der Waals surface area contributed by atoms with Gasteiger partial charge in [-0.05, 0) is 39.3 Å². The Morgan fingerprint density at radius 3 is 2.66 bits per heavy atom. The lowest BCUT2D eigenvalue weighted by atomic mass is 9.91. The second-order valence-electron chi connectivity index (χ2n) is 8.22. The number of halogens is 5. The Balaban J connectivity index is 1.61. The minimum atomic E-state index is -4.29. The van der Waals surface area contributed by atoms with E-state index in [2.05, 4.69) is 21.5 Å². The summed E-state index contributed by atoms with van der Waals surface area (Å²) in [5, 5.41) is 17.4. The van der Waals surface area contributed by atoms with Crippen LogP contribution in [0.1, 0.15) is 43.4 Å². The number of hydrogen-bond donors (Lipinski definition) is 1. The van der Waals surface area contributed by atoms with Crippen molar-refractivity contribution < 1.29 is 22.3 Å². The number of fused-ring (bicyclic) bond motifs is 1. The van der Waals surface area contributed by atoms with Gasteiger partial charge in [0.2, 0.25) is 5.95 Å². The van der Waals surface area contributed by atoms with Gasteiger partial charge in [0.1, 0.15) is 23.8 Å². The molecular formula is C20H23ClF4N6O. The number of piperidine rings is 1. The summed E-state index contributed by atoms with van der Waals surface area (Å²) in [6.07, 6.45) is -2.71. The van der Waals surface area contributed by atoms with Crippen LogP contribution in [0.15, 0.2) is 6.20 Å². The monoisotopic (exact) mass is 474 g/mol. The van der Waals surface area contributed by atoms with Gasteiger partial charge >= 0.3 is 6.18 Å². The fourth-order valence-corrected chi connectivity index (χ4v) is 4.65. The smallest absolute Gasteiger partial charge is 0.378 e. The molecule has 0 spiro atoms. The Labute approximate surface area is 187 Å². The molecule has 7 nitrogen and oxygen atoms in total. The predicted molar refractivity (Wildman–Crippen MR) is 110 cm³/mol. The third-order valence-corrected chi connectivity index (χ3v) is 6.69. The molecule has 1 N–H and O–H groups in total. The average Bonchev–Trinajstić information content (AvgIpc) is 3.05. The van der Waals surface area contributed by atoms with Crippen LogP contribution in [0.4, 0.5) is 23.5 Å². The molecule has 0 saturated carbocycles. The summed E-state index contributed by atoms with van der Waals surface area (Å²) in [5.41, 5.74) is 1.23. The lowest BCUT2D eigenvalue weighted by molar-refractivity contribution is -0.181. The van der Waals surface area contributed by atoms with E-state index in [1.807, 2.05) is 0 Å². The zero-order valence-corrected chi connectivity index (χ0v) is 18.1. The van der Waals surface area contributed by atoms with Crippen LogP contribution in [-0.2, 0) is 4.74 Å². The van der Waals surface area contributed by atoms with Crippen LogP contribution >= 0.6 is 11.6 Å². The topological polar surface area (TPSA) is 78.5 Å². The maximum atomic E-state index is 14.1. The van der Waals surface area contributed by atoms with E-state index >= 15 is 0 Å². The Bertz CT molecular complexity index is 1010. The van der Waals surface area contributed by atoms with E-state index in [1.54, 1.807) is 0 Å². The van der Waals surface area contributed by atoms with Gasteiger partial charge in [-0.3, -0.25) is 4.90 Å². The van der Waals surface area contributed by atoms with Gasteiger partial charge in [0.15, 0.2) is 0 Å². The maximum Gasteiger partial charge on any atom is 0.403 e. The van der Waals surface area contributed by atoms with E-state index in [0.717, 1.165) is 6.92 Å². The molecule has 0 amide bonds. The van der Waals surface area contributed by atoms with E-state index in [1.165, 1.54) is 15.6 Å². The lowest BCUT2D eigenvalue weighted by Gasteiger charge is -2.36. The van der Waals surface area contributed by atoms with Gasteiger partial charge in [-0.2, -0.15) is 18.4 Å². The second kappa shape index (κ2) is 9.00. The van der Waals surface area contributed by atoms with Crippen LogP contribution in [0.2, 0.25) is 5.02 Å². The van der Waals surface area contributed by atoms with Gasteiger partial charge in [-0.15, -0.1) is 5.10 Å². The Morgan fingerprint density at radius 2 is 2.03 bits per heavy atom. The van der Waals surface area contributed by atoms with E-state index in [-0.39, 0.29) is 42.1 Å². The highest BCUT2D eigenvalue weighted by Gasteiger charge is 2.41. The minimum absolute atomic E-state index is 0.00594. The summed E-state index contributed by atoms with van der Waals surface area (Å²) < 4.78 is 60.0. The van der Waals surface area contributed by atoms with Crippen LogP contribution in [0.3, 0.4) is 0 Å². The summed E-state index contributed by atoms with van der Waals surface area (Å²) in [6.45, 7) is 2.05. The van der Waals surface area contributed by atoms with Gasteiger partial charge in [-0.1, -0.05) is 11.6 Å². The zero-order chi connectivity index (χ0) is 23.0. The number of aromatic nitrogens is 3. The fraction of sp³-hybridized carbons (Fsp3) is 0.650. The predicted octanol–water partition coefficient (Wildman–Crippen LogP) is 3.92. The van der Waals surface area contributed by atoms with Crippen molar-refractivity contribution in [1.82, 2.24) is 19.5 Å². The number of nitriles is 1. The molecule has 2 aliphatic heterocycles. The number of ether oxygens (including phenoxy) is 1. The molecule has 0 radical (unpaired) electrons. The van der Waals surface area contributed by atoms with Gasteiger partial charge in [0, 0.05) is 12.5 Å². The van der Waals surface area contributed by atoms with Crippen LogP contribution in [0, 0.1) is 11.3 Å². The van der Waals surface area contributed by atoms with Gasteiger partial charge in [-0.25, -0.2) is 13.9 Å². The third kappa shape index (κ3) is 4.36. The highest BCUT2D eigenvalue weighted by Crippen LogP contribution is 2.38. The standard InChI is InChI=1S/C20H23ClF4N6O/c1-11(20(23,24)25)30-5-2-12(3-6-30)18-13(8-26)17(21)16-9-27-19(29-31(16)18)28-15-4-7-32-10-14(15)22/h9,11-12,14-15H,2-7,10H2,1H3,(H,28,29)/t11?,14-,15-/m1/s1. The molecule has 0 aromatic carbocycles. The van der Waals surface area contributed by atoms with Gasteiger partial charge in [0.05, 0.1) is 35.1 Å². The number of alkyl halides is 4. The summed E-state index contributed by atoms with van der Waals surface area (Å²) >= 11 is 6.41. The molecule has 3 atom stereocenters. The van der Waals surface area contributed by atoms with Gasteiger partial charge < -0.3 is 10.1 Å². The first-order valence-electron chi connectivity index (χ1n) is 10.5. The second-order valence-corrected chi connectivity index (χ2v) is 8.60. The number of nitrogens with one attached hydrogen (secondary N) is 1. The zero-order valence-electron chi connectivity index (χ0n) is 17.4. The number of anilines is 1. The summed E-state index contributed by atoms with van der Waals surface area (Å²) in [6, 6.07) is 0.0742. The summed E-state index contributed by atoms with van der Waals surface area (Å²) in [7, 11) is 0. The highest BCUT2D eigenvalue weighted by atomic mass is 35.5. The highest BCUT2D eigenvalue weighted by molar-refractivity contribution is 6.35. The van der Waals surface area contributed by atoms with E-state index in [0.29, 0.717) is 37.1 Å². The average molecular weight is 475 g/mol. The number of hydrogen-bond acceptors (Lipinski definition) is 6. The number of likely N-dealkylation sites (tertiary alicyclic amines) is 1. The van der Waals surface area contributed by atoms with Crippen molar-refractivity contribution in [2.75, 3.05) is 31.6 Å². The number of nitrogens with zero attached hydrogens (tertiary/aromatic N) is 5. The molecule has 0 aliphatic carbocycles. The summed E-state index contributed by atoms with van der Waals surface area (Å²) in [4.78, 5) is 5.61. The Kier molecular flexibility index (Phi) is 6.47. The normalized spacial score (nSPS) is 24.4. The van der Waals surface area contributed by atoms with Gasteiger partial charge in [0.25, 0.3) is 0 Å². The molecule has 2 fully saturated rings. The fourth-order valence-electron chi connectivity index (χ4n) is 4.38. The molecule has 12 heteroatoms. The van der Waals surface area contributed by atoms with Crippen molar-refractivity contribution in [3.05, 3.63) is 22.5 Å². The minimum Gasteiger partial charge on any atom is -0.378 e. The molecule has 4 rings (SSSR count). The Morgan fingerprint density at radius 1 is 1.31 bits per heavy atom. The van der Waals surface area contributed by atoms with Crippen molar-refractivity contribution >= 4 is 23.1 Å². The first-order valence-corrected chi connectivity index (χ1v) is 10.8. The first kappa shape index (κ1) is 23.0. The first-order chi connectivity index (χ1) is 15.2. The molecular weight excluding hydrogens is 452 g/mol.